The Labute approximate surface area is 154 Å². The lowest BCUT2D eigenvalue weighted by Gasteiger charge is -2.22. The molecule has 26 heavy (non-hydrogen) atoms. The summed E-state index contributed by atoms with van der Waals surface area (Å²) in [7, 11) is 0. The molecule has 0 bridgehead atoms. The molecule has 3 heterocycles. The van der Waals surface area contributed by atoms with Crippen LogP contribution < -0.4 is 10.6 Å². The Hall–Kier alpha value is -2.71. The second-order valence-electron chi connectivity index (χ2n) is 6.22. The van der Waals surface area contributed by atoms with Gasteiger partial charge in [0.05, 0.1) is 11.7 Å². The molecule has 7 nitrogen and oxygen atoms in total. The molecule has 1 atom stereocenters. The number of hydrogen-bond acceptors (Lipinski definition) is 6. The van der Waals surface area contributed by atoms with Crippen molar-refractivity contribution in [2.45, 2.75) is 18.9 Å². The van der Waals surface area contributed by atoms with Gasteiger partial charge in [-0.1, -0.05) is 0 Å². The maximum atomic E-state index is 12.4. The van der Waals surface area contributed by atoms with E-state index >= 15 is 0 Å². The first-order valence-electron chi connectivity index (χ1n) is 8.51. The van der Waals surface area contributed by atoms with E-state index in [9.17, 15) is 9.90 Å². The second kappa shape index (κ2) is 7.27. The first kappa shape index (κ1) is 16.7. The van der Waals surface area contributed by atoms with Crippen molar-refractivity contribution in [1.29, 1.82) is 0 Å². The normalized spacial score (nSPS) is 17.2. The summed E-state index contributed by atoms with van der Waals surface area (Å²) in [6.07, 6.45) is 4.04. The van der Waals surface area contributed by atoms with Crippen molar-refractivity contribution in [2.75, 3.05) is 18.4 Å². The summed E-state index contributed by atoms with van der Waals surface area (Å²) in [5.41, 5.74) is 2.02. The van der Waals surface area contributed by atoms with Crippen LogP contribution in [0.25, 0.3) is 11.3 Å². The summed E-state index contributed by atoms with van der Waals surface area (Å²) in [5, 5.41) is 22.3. The molecule has 3 aromatic rings. The maximum Gasteiger partial charge on any atom is 0.277 e. The minimum absolute atomic E-state index is 0.209. The van der Waals surface area contributed by atoms with E-state index in [4.69, 9.17) is 0 Å². The Bertz CT molecular complexity index is 896. The number of nitrogens with zero attached hydrogens (tertiary/aromatic N) is 3. The zero-order valence-corrected chi connectivity index (χ0v) is 14.9. The van der Waals surface area contributed by atoms with Gasteiger partial charge in [-0.05, 0) is 49.7 Å². The number of aromatic nitrogens is 3. The number of piperidine rings is 1. The minimum Gasteiger partial charge on any atom is -0.508 e. The molecule has 3 N–H and O–H groups in total. The molecule has 1 saturated heterocycles. The molecular formula is C18H19N5O2S. The SMILES string of the molecule is O=C(Nc1nc(-c2ccc(O)cc2)cs1)c1ccn(C2CCCNC2)n1. The van der Waals surface area contributed by atoms with Gasteiger partial charge in [0.2, 0.25) is 0 Å². The van der Waals surface area contributed by atoms with Crippen LogP contribution in [0.4, 0.5) is 5.13 Å². The molecule has 8 heteroatoms. The van der Waals surface area contributed by atoms with Crippen molar-refractivity contribution in [3.63, 3.8) is 0 Å². The number of carbonyl (C=O) groups excluding carboxylic acids is 1. The number of rotatable bonds is 4. The highest BCUT2D eigenvalue weighted by Crippen LogP contribution is 2.26. The van der Waals surface area contributed by atoms with E-state index in [1.807, 2.05) is 16.3 Å². The van der Waals surface area contributed by atoms with E-state index in [-0.39, 0.29) is 11.7 Å². The quantitative estimate of drug-likeness (QED) is 0.658. The molecule has 0 aliphatic carbocycles. The summed E-state index contributed by atoms with van der Waals surface area (Å²) in [6, 6.07) is 8.83. The van der Waals surface area contributed by atoms with Gasteiger partial charge in [0.1, 0.15) is 5.75 Å². The molecule has 2 aromatic heterocycles. The molecule has 0 spiro atoms. The Morgan fingerprint density at radius 3 is 2.92 bits per heavy atom. The first-order valence-corrected chi connectivity index (χ1v) is 9.39. The van der Waals surface area contributed by atoms with Crippen molar-refractivity contribution in [1.82, 2.24) is 20.1 Å². The average molecular weight is 369 g/mol. The molecule has 0 saturated carbocycles. The van der Waals surface area contributed by atoms with Crippen LogP contribution in [0, 0.1) is 0 Å². The highest BCUT2D eigenvalue weighted by Gasteiger charge is 2.18. The van der Waals surface area contributed by atoms with Crippen LogP contribution in [-0.2, 0) is 0 Å². The lowest BCUT2D eigenvalue weighted by atomic mass is 10.1. The van der Waals surface area contributed by atoms with Crippen LogP contribution in [0.3, 0.4) is 0 Å². The van der Waals surface area contributed by atoms with Gasteiger partial charge < -0.3 is 10.4 Å². The number of phenols is 1. The van der Waals surface area contributed by atoms with Gasteiger partial charge in [0.15, 0.2) is 10.8 Å². The topological polar surface area (TPSA) is 92.1 Å². The minimum atomic E-state index is -0.265. The molecule has 1 aliphatic rings. The van der Waals surface area contributed by atoms with Gasteiger partial charge in [-0.2, -0.15) is 5.10 Å². The molecule has 134 valence electrons. The molecule has 4 rings (SSSR count). The van der Waals surface area contributed by atoms with Crippen LogP contribution in [0.15, 0.2) is 41.9 Å². The molecule has 1 aliphatic heterocycles. The van der Waals surface area contributed by atoms with Crippen LogP contribution in [-0.4, -0.2) is 38.9 Å². The van der Waals surface area contributed by atoms with E-state index in [1.54, 1.807) is 30.3 Å². The van der Waals surface area contributed by atoms with E-state index in [0.717, 1.165) is 37.2 Å². The zero-order chi connectivity index (χ0) is 17.9. The molecule has 1 unspecified atom stereocenters. The molecule has 0 radical (unpaired) electrons. The highest BCUT2D eigenvalue weighted by molar-refractivity contribution is 7.14. The molecule has 1 amide bonds. The van der Waals surface area contributed by atoms with Crippen LogP contribution in [0.2, 0.25) is 0 Å². The van der Waals surface area contributed by atoms with Gasteiger partial charge in [-0.15, -0.1) is 11.3 Å². The Balaban J connectivity index is 1.43. The number of thiazole rings is 1. The maximum absolute atomic E-state index is 12.4. The average Bonchev–Trinajstić information content (AvgIpc) is 3.33. The van der Waals surface area contributed by atoms with Gasteiger partial charge in [0.25, 0.3) is 5.91 Å². The number of aromatic hydroxyl groups is 1. The number of carbonyl (C=O) groups is 1. The van der Waals surface area contributed by atoms with E-state index < -0.39 is 0 Å². The molecule has 1 fully saturated rings. The van der Waals surface area contributed by atoms with Gasteiger partial charge in [-0.3, -0.25) is 14.8 Å². The van der Waals surface area contributed by atoms with E-state index in [2.05, 4.69) is 20.7 Å². The third kappa shape index (κ3) is 3.61. The van der Waals surface area contributed by atoms with Crippen molar-refractivity contribution in [3.05, 3.63) is 47.6 Å². The van der Waals surface area contributed by atoms with Gasteiger partial charge in [0, 0.05) is 23.7 Å². The van der Waals surface area contributed by atoms with Gasteiger partial charge in [-0.25, -0.2) is 4.98 Å². The number of nitrogens with one attached hydrogen (secondary N) is 2. The number of amides is 1. The predicted molar refractivity (Wildman–Crippen MR) is 101 cm³/mol. The summed E-state index contributed by atoms with van der Waals surface area (Å²) in [5.74, 6) is -0.0552. The third-order valence-corrected chi connectivity index (χ3v) is 5.13. The number of phenolic OH excluding ortho intramolecular Hbond substituents is 1. The fourth-order valence-electron chi connectivity index (χ4n) is 2.98. The standard InChI is InChI=1S/C18H19N5O2S/c24-14-5-3-12(4-6-14)16-11-26-18(20-16)21-17(25)15-7-9-23(22-15)13-2-1-8-19-10-13/h3-7,9,11,13,19,24H,1-2,8,10H2,(H,20,21,25). The molecular weight excluding hydrogens is 350 g/mol. The first-order chi connectivity index (χ1) is 12.7. The monoisotopic (exact) mass is 369 g/mol. The number of anilines is 1. The van der Waals surface area contributed by atoms with E-state index in [1.165, 1.54) is 11.3 Å². The van der Waals surface area contributed by atoms with Crippen LogP contribution in [0.5, 0.6) is 5.75 Å². The number of hydrogen-bond donors (Lipinski definition) is 3. The Kier molecular flexibility index (Phi) is 4.68. The smallest absolute Gasteiger partial charge is 0.277 e. The van der Waals surface area contributed by atoms with Gasteiger partial charge >= 0.3 is 0 Å². The highest BCUT2D eigenvalue weighted by atomic mass is 32.1. The van der Waals surface area contributed by atoms with Crippen LogP contribution >= 0.6 is 11.3 Å². The fraction of sp³-hybridized carbons (Fsp3) is 0.278. The van der Waals surface area contributed by atoms with Crippen LogP contribution in [0.1, 0.15) is 29.4 Å². The lowest BCUT2D eigenvalue weighted by molar-refractivity contribution is 0.102. The Morgan fingerprint density at radius 2 is 2.15 bits per heavy atom. The fourth-order valence-corrected chi connectivity index (χ4v) is 3.69. The summed E-state index contributed by atoms with van der Waals surface area (Å²) in [4.78, 5) is 16.9. The van der Waals surface area contributed by atoms with Crippen molar-refractivity contribution >= 4 is 22.4 Å². The molecule has 1 aromatic carbocycles. The van der Waals surface area contributed by atoms with Crippen molar-refractivity contribution < 1.29 is 9.90 Å². The Morgan fingerprint density at radius 1 is 1.31 bits per heavy atom. The van der Waals surface area contributed by atoms with Crippen molar-refractivity contribution in [2.24, 2.45) is 0 Å². The summed E-state index contributed by atoms with van der Waals surface area (Å²) in [6.45, 7) is 1.92. The third-order valence-electron chi connectivity index (χ3n) is 4.37. The number of benzene rings is 1. The largest absolute Gasteiger partial charge is 0.508 e. The van der Waals surface area contributed by atoms with E-state index in [0.29, 0.717) is 16.9 Å². The summed E-state index contributed by atoms with van der Waals surface area (Å²) < 4.78 is 1.87. The lowest BCUT2D eigenvalue weighted by Crippen LogP contribution is -2.32. The zero-order valence-electron chi connectivity index (χ0n) is 14.1. The second-order valence-corrected chi connectivity index (χ2v) is 7.08. The predicted octanol–water partition coefficient (Wildman–Crippen LogP) is 2.89. The van der Waals surface area contributed by atoms with Crippen molar-refractivity contribution in [3.8, 4) is 17.0 Å². The summed E-state index contributed by atoms with van der Waals surface area (Å²) >= 11 is 1.36.